The zero-order valence-corrected chi connectivity index (χ0v) is 14.3. The fraction of sp³-hybridized carbons (Fsp3) is 0.211. The first-order valence-electron chi connectivity index (χ1n) is 8.02. The molecule has 6 nitrogen and oxygen atoms in total. The summed E-state index contributed by atoms with van der Waals surface area (Å²) in [6.07, 6.45) is 3.03. The highest BCUT2D eigenvalue weighted by molar-refractivity contribution is 5.93. The molecule has 0 fully saturated rings. The minimum Gasteiger partial charge on any atom is -0.448 e. The molecule has 1 aromatic carbocycles. The van der Waals surface area contributed by atoms with Gasteiger partial charge in [0, 0.05) is 31.9 Å². The van der Waals surface area contributed by atoms with Crippen LogP contribution in [0.15, 0.2) is 59.5 Å². The number of anilines is 1. The van der Waals surface area contributed by atoms with Crippen LogP contribution in [0, 0.1) is 6.92 Å². The smallest absolute Gasteiger partial charge is 0.273 e. The summed E-state index contributed by atoms with van der Waals surface area (Å²) in [5, 5.41) is 2.87. The van der Waals surface area contributed by atoms with Gasteiger partial charge in [-0.05, 0) is 18.6 Å². The summed E-state index contributed by atoms with van der Waals surface area (Å²) in [4.78, 5) is 22.7. The molecule has 0 spiro atoms. The molecule has 0 unspecified atom stereocenters. The first-order valence-corrected chi connectivity index (χ1v) is 8.02. The summed E-state index contributed by atoms with van der Waals surface area (Å²) in [6.45, 7) is 2.82. The lowest BCUT2D eigenvalue weighted by Gasteiger charge is -2.21. The summed E-state index contributed by atoms with van der Waals surface area (Å²) < 4.78 is 5.07. The zero-order valence-electron chi connectivity index (χ0n) is 14.3. The fourth-order valence-corrected chi connectivity index (χ4v) is 2.63. The summed E-state index contributed by atoms with van der Waals surface area (Å²) in [5.74, 6) is 1.08. The Labute approximate surface area is 146 Å². The average Bonchev–Trinajstić information content (AvgIpc) is 3.07. The molecule has 0 aliphatic carbocycles. The molecule has 25 heavy (non-hydrogen) atoms. The van der Waals surface area contributed by atoms with E-state index in [1.807, 2.05) is 37.4 Å². The van der Waals surface area contributed by atoms with E-state index >= 15 is 0 Å². The molecule has 2 aromatic heterocycles. The molecule has 0 saturated carbocycles. The van der Waals surface area contributed by atoms with Crippen LogP contribution in [0.25, 0.3) is 0 Å². The van der Waals surface area contributed by atoms with E-state index in [0.29, 0.717) is 18.0 Å². The lowest BCUT2D eigenvalue weighted by molar-refractivity contribution is 0.0945. The van der Waals surface area contributed by atoms with Crippen molar-refractivity contribution in [1.29, 1.82) is 0 Å². The first-order chi connectivity index (χ1) is 12.1. The van der Waals surface area contributed by atoms with Crippen molar-refractivity contribution < 1.29 is 9.21 Å². The highest BCUT2D eigenvalue weighted by atomic mass is 16.3. The maximum atomic E-state index is 12.2. The van der Waals surface area contributed by atoms with Crippen molar-refractivity contribution in [2.75, 3.05) is 11.9 Å². The standard InChI is InChI=1S/C19H20N4O2/c1-14-17(22-13-25-14)19(24)21-11-16-9-6-10-20-18(16)23(2)12-15-7-4-3-5-8-15/h3-10,13H,11-12H2,1-2H3,(H,21,24). The lowest BCUT2D eigenvalue weighted by Crippen LogP contribution is -2.26. The number of aromatic nitrogens is 2. The molecule has 2 heterocycles. The van der Waals surface area contributed by atoms with Gasteiger partial charge in [-0.2, -0.15) is 0 Å². The van der Waals surface area contributed by atoms with E-state index < -0.39 is 0 Å². The van der Waals surface area contributed by atoms with Crippen LogP contribution in [-0.2, 0) is 13.1 Å². The van der Waals surface area contributed by atoms with Crippen molar-refractivity contribution in [2.24, 2.45) is 0 Å². The molecule has 3 rings (SSSR count). The first kappa shape index (κ1) is 16.7. The Kier molecular flexibility index (Phi) is 5.09. The van der Waals surface area contributed by atoms with Crippen LogP contribution in [0.1, 0.15) is 27.4 Å². The third-order valence-corrected chi connectivity index (χ3v) is 3.89. The number of oxazole rings is 1. The Bertz CT molecular complexity index is 845. The lowest BCUT2D eigenvalue weighted by atomic mass is 10.2. The van der Waals surface area contributed by atoms with E-state index in [1.165, 1.54) is 12.0 Å². The summed E-state index contributed by atoms with van der Waals surface area (Å²) in [5.41, 5.74) is 2.45. The van der Waals surface area contributed by atoms with Gasteiger partial charge in [0.15, 0.2) is 12.1 Å². The molecular formula is C19H20N4O2. The number of hydrogen-bond donors (Lipinski definition) is 1. The third kappa shape index (κ3) is 4.03. The molecule has 0 radical (unpaired) electrons. The molecule has 1 N–H and O–H groups in total. The molecule has 3 aromatic rings. The Morgan fingerprint density at radius 2 is 1.96 bits per heavy atom. The van der Waals surface area contributed by atoms with Crippen LogP contribution in [0.3, 0.4) is 0 Å². The predicted octanol–water partition coefficient (Wildman–Crippen LogP) is 2.94. The molecule has 0 aliphatic rings. The van der Waals surface area contributed by atoms with Crippen molar-refractivity contribution in [1.82, 2.24) is 15.3 Å². The normalized spacial score (nSPS) is 10.5. The molecule has 0 aliphatic heterocycles. The van der Waals surface area contributed by atoms with Crippen LogP contribution in [0.5, 0.6) is 0 Å². The summed E-state index contributed by atoms with van der Waals surface area (Å²) in [6, 6.07) is 14.0. The van der Waals surface area contributed by atoms with E-state index in [-0.39, 0.29) is 5.91 Å². The fourth-order valence-electron chi connectivity index (χ4n) is 2.63. The Balaban J connectivity index is 1.70. The number of nitrogens with zero attached hydrogens (tertiary/aromatic N) is 3. The van der Waals surface area contributed by atoms with Gasteiger partial charge in [0.1, 0.15) is 11.6 Å². The number of carbonyl (C=O) groups is 1. The highest BCUT2D eigenvalue weighted by Crippen LogP contribution is 2.18. The number of hydrogen-bond acceptors (Lipinski definition) is 5. The number of aryl methyl sites for hydroxylation is 1. The SMILES string of the molecule is Cc1ocnc1C(=O)NCc1cccnc1N(C)Cc1ccccc1. The second-order valence-electron chi connectivity index (χ2n) is 5.77. The van der Waals surface area contributed by atoms with E-state index in [4.69, 9.17) is 4.42 Å². The van der Waals surface area contributed by atoms with Gasteiger partial charge in [-0.15, -0.1) is 0 Å². The van der Waals surface area contributed by atoms with E-state index in [2.05, 4.69) is 32.3 Å². The molecule has 0 saturated heterocycles. The number of pyridine rings is 1. The predicted molar refractivity (Wildman–Crippen MR) is 95.2 cm³/mol. The maximum Gasteiger partial charge on any atom is 0.273 e. The second kappa shape index (κ2) is 7.61. The Morgan fingerprint density at radius 3 is 2.68 bits per heavy atom. The number of benzene rings is 1. The van der Waals surface area contributed by atoms with Crippen molar-refractivity contribution >= 4 is 11.7 Å². The van der Waals surface area contributed by atoms with Crippen molar-refractivity contribution in [3.8, 4) is 0 Å². The van der Waals surface area contributed by atoms with Crippen molar-refractivity contribution in [3.63, 3.8) is 0 Å². The van der Waals surface area contributed by atoms with Gasteiger partial charge in [0.25, 0.3) is 5.91 Å². The van der Waals surface area contributed by atoms with Gasteiger partial charge < -0.3 is 14.6 Å². The Hall–Kier alpha value is -3.15. The quantitative estimate of drug-likeness (QED) is 0.749. The van der Waals surface area contributed by atoms with Gasteiger partial charge in [-0.1, -0.05) is 36.4 Å². The maximum absolute atomic E-state index is 12.2. The Morgan fingerprint density at radius 1 is 1.16 bits per heavy atom. The van der Waals surface area contributed by atoms with E-state index in [1.54, 1.807) is 13.1 Å². The van der Waals surface area contributed by atoms with Crippen LogP contribution < -0.4 is 10.2 Å². The second-order valence-corrected chi connectivity index (χ2v) is 5.77. The van der Waals surface area contributed by atoms with Crippen molar-refractivity contribution in [3.05, 3.63) is 77.6 Å². The van der Waals surface area contributed by atoms with Gasteiger partial charge in [0.05, 0.1) is 0 Å². The van der Waals surface area contributed by atoms with Gasteiger partial charge in [-0.25, -0.2) is 9.97 Å². The summed E-state index contributed by atoms with van der Waals surface area (Å²) >= 11 is 0. The van der Waals surface area contributed by atoms with Crippen LogP contribution in [0.4, 0.5) is 5.82 Å². The molecule has 0 bridgehead atoms. The number of nitrogens with one attached hydrogen (secondary N) is 1. The van der Waals surface area contributed by atoms with E-state index in [9.17, 15) is 4.79 Å². The van der Waals surface area contributed by atoms with E-state index in [0.717, 1.165) is 17.9 Å². The largest absolute Gasteiger partial charge is 0.448 e. The van der Waals surface area contributed by atoms with Gasteiger partial charge >= 0.3 is 0 Å². The molecular weight excluding hydrogens is 316 g/mol. The minimum absolute atomic E-state index is 0.258. The number of rotatable bonds is 6. The molecule has 0 atom stereocenters. The zero-order chi connectivity index (χ0) is 17.6. The van der Waals surface area contributed by atoms with Crippen LogP contribution >= 0.6 is 0 Å². The number of amides is 1. The minimum atomic E-state index is -0.258. The van der Waals surface area contributed by atoms with Gasteiger partial charge in [-0.3, -0.25) is 4.79 Å². The molecule has 128 valence electrons. The van der Waals surface area contributed by atoms with Crippen molar-refractivity contribution in [2.45, 2.75) is 20.0 Å². The molecule has 1 amide bonds. The average molecular weight is 336 g/mol. The van der Waals surface area contributed by atoms with Gasteiger partial charge in [0.2, 0.25) is 0 Å². The summed E-state index contributed by atoms with van der Waals surface area (Å²) in [7, 11) is 1.99. The number of carbonyl (C=O) groups excluding carboxylic acids is 1. The molecule has 6 heteroatoms. The highest BCUT2D eigenvalue weighted by Gasteiger charge is 2.15. The monoisotopic (exact) mass is 336 g/mol. The van der Waals surface area contributed by atoms with Crippen LogP contribution in [-0.4, -0.2) is 22.9 Å². The van der Waals surface area contributed by atoms with Crippen LogP contribution in [0.2, 0.25) is 0 Å². The topological polar surface area (TPSA) is 71.3 Å². The third-order valence-electron chi connectivity index (χ3n) is 3.89.